The van der Waals surface area contributed by atoms with E-state index < -0.39 is 0 Å². The number of anilines is 1. The van der Waals surface area contributed by atoms with E-state index in [1.165, 1.54) is 25.0 Å². The Labute approximate surface area is 105 Å². The predicted octanol–water partition coefficient (Wildman–Crippen LogP) is 3.53. The molecule has 0 radical (unpaired) electrons. The molecule has 1 unspecified atom stereocenters. The summed E-state index contributed by atoms with van der Waals surface area (Å²) in [4.78, 5) is 4.38. The Kier molecular flexibility index (Phi) is 3.22. The van der Waals surface area contributed by atoms with Crippen LogP contribution in [0.5, 0.6) is 0 Å². The number of fused-ring (bicyclic) bond motifs is 1. The van der Waals surface area contributed by atoms with E-state index in [9.17, 15) is 0 Å². The van der Waals surface area contributed by atoms with Gasteiger partial charge in [0.15, 0.2) is 0 Å². The number of hydrogen-bond donors (Lipinski definition) is 1. The van der Waals surface area contributed by atoms with E-state index in [0.29, 0.717) is 0 Å². The van der Waals surface area contributed by atoms with Crippen LogP contribution in [0.25, 0.3) is 11.0 Å². The Morgan fingerprint density at radius 3 is 3.29 bits per heavy atom. The van der Waals surface area contributed by atoms with Gasteiger partial charge < -0.3 is 9.73 Å². The van der Waals surface area contributed by atoms with Crippen LogP contribution < -0.4 is 5.32 Å². The third kappa shape index (κ3) is 2.41. The fraction of sp³-hybridized carbons (Fsp3) is 0.462. The van der Waals surface area contributed by atoms with Crippen LogP contribution in [0.2, 0.25) is 0 Å². The van der Waals surface area contributed by atoms with Crippen LogP contribution in [-0.2, 0) is 0 Å². The van der Waals surface area contributed by atoms with Gasteiger partial charge in [0.1, 0.15) is 11.4 Å². The fourth-order valence-electron chi connectivity index (χ4n) is 2.21. The molecule has 0 bridgehead atoms. The second-order valence-electron chi connectivity index (χ2n) is 4.36. The molecule has 1 saturated heterocycles. The van der Waals surface area contributed by atoms with E-state index in [1.54, 1.807) is 12.5 Å². The van der Waals surface area contributed by atoms with Crippen LogP contribution in [-0.4, -0.2) is 22.5 Å². The van der Waals surface area contributed by atoms with E-state index >= 15 is 0 Å². The average molecular weight is 248 g/mol. The smallest absolute Gasteiger partial charge is 0.139 e. The fourth-order valence-corrected chi connectivity index (χ4v) is 3.45. The zero-order valence-corrected chi connectivity index (χ0v) is 10.5. The van der Waals surface area contributed by atoms with Crippen LogP contribution in [0.15, 0.2) is 29.0 Å². The maximum absolute atomic E-state index is 5.37. The Bertz CT molecular complexity index is 491. The van der Waals surface area contributed by atoms with E-state index in [1.807, 2.05) is 12.1 Å². The highest BCUT2D eigenvalue weighted by molar-refractivity contribution is 7.99. The van der Waals surface area contributed by atoms with E-state index in [2.05, 4.69) is 22.1 Å². The molecular weight excluding hydrogens is 232 g/mol. The number of nitrogens with zero attached hydrogens (tertiary/aromatic N) is 1. The molecule has 1 aliphatic rings. The molecule has 17 heavy (non-hydrogen) atoms. The summed E-state index contributed by atoms with van der Waals surface area (Å²) in [5, 5.41) is 5.26. The summed E-state index contributed by atoms with van der Waals surface area (Å²) in [5.41, 5.74) is 0.902. The van der Waals surface area contributed by atoms with Crippen molar-refractivity contribution >= 4 is 28.5 Å². The first kappa shape index (κ1) is 11.0. The molecule has 1 fully saturated rings. The monoisotopic (exact) mass is 248 g/mol. The molecule has 3 heterocycles. The molecule has 0 aliphatic carbocycles. The molecule has 3 nitrogen and oxygen atoms in total. The van der Waals surface area contributed by atoms with Crippen molar-refractivity contribution < 1.29 is 4.42 Å². The molecular formula is C13H16N2OS. The number of rotatable bonds is 3. The number of furan rings is 1. The van der Waals surface area contributed by atoms with Crippen molar-refractivity contribution in [3.05, 3.63) is 24.6 Å². The zero-order valence-electron chi connectivity index (χ0n) is 9.69. The number of thioether (sulfide) groups is 1. The maximum Gasteiger partial charge on any atom is 0.139 e. The molecule has 0 amide bonds. The summed E-state index contributed by atoms with van der Waals surface area (Å²) in [6.45, 7) is 1.00. The van der Waals surface area contributed by atoms with Crippen molar-refractivity contribution in [1.29, 1.82) is 0 Å². The molecule has 1 aliphatic heterocycles. The molecule has 2 aromatic rings. The number of aromatic nitrogens is 1. The van der Waals surface area contributed by atoms with Crippen LogP contribution in [0.3, 0.4) is 0 Å². The number of hydrogen-bond acceptors (Lipinski definition) is 4. The van der Waals surface area contributed by atoms with Crippen molar-refractivity contribution in [1.82, 2.24) is 4.98 Å². The maximum atomic E-state index is 5.37. The van der Waals surface area contributed by atoms with Gasteiger partial charge in [0.25, 0.3) is 0 Å². The summed E-state index contributed by atoms with van der Waals surface area (Å²) in [7, 11) is 0. The molecule has 90 valence electrons. The van der Waals surface area contributed by atoms with E-state index in [0.717, 1.165) is 28.6 Å². The molecule has 0 spiro atoms. The molecule has 3 rings (SSSR count). The standard InChI is InChI=1S/C13H16N2OS/c1-2-8-17-10(3-1)9-15-13-11-5-7-16-12(11)4-6-14-13/h4-7,10H,1-3,8-9H2,(H,14,15). The van der Waals surface area contributed by atoms with E-state index in [4.69, 9.17) is 4.42 Å². The minimum absolute atomic E-state index is 0.729. The van der Waals surface area contributed by atoms with Crippen LogP contribution in [0.1, 0.15) is 19.3 Å². The highest BCUT2D eigenvalue weighted by atomic mass is 32.2. The Morgan fingerprint density at radius 1 is 1.41 bits per heavy atom. The van der Waals surface area contributed by atoms with Crippen molar-refractivity contribution in [3.8, 4) is 0 Å². The second kappa shape index (κ2) is 5.00. The molecule has 1 atom stereocenters. The van der Waals surface area contributed by atoms with Gasteiger partial charge >= 0.3 is 0 Å². The first-order valence-electron chi connectivity index (χ1n) is 6.11. The zero-order chi connectivity index (χ0) is 11.5. The van der Waals surface area contributed by atoms with Crippen LogP contribution in [0, 0.1) is 0 Å². The van der Waals surface area contributed by atoms with Gasteiger partial charge in [-0.1, -0.05) is 6.42 Å². The summed E-state index contributed by atoms with van der Waals surface area (Å²) in [6, 6.07) is 3.87. The minimum Gasteiger partial charge on any atom is -0.464 e. The van der Waals surface area contributed by atoms with Crippen molar-refractivity contribution in [2.24, 2.45) is 0 Å². The van der Waals surface area contributed by atoms with Crippen molar-refractivity contribution in [2.75, 3.05) is 17.6 Å². The molecule has 4 heteroatoms. The highest BCUT2D eigenvalue weighted by Gasteiger charge is 2.14. The quantitative estimate of drug-likeness (QED) is 0.901. The first-order valence-corrected chi connectivity index (χ1v) is 7.16. The summed E-state index contributed by atoms with van der Waals surface area (Å²) >= 11 is 2.08. The van der Waals surface area contributed by atoms with Crippen molar-refractivity contribution in [3.63, 3.8) is 0 Å². The Balaban J connectivity index is 1.69. The molecule has 1 N–H and O–H groups in total. The summed E-state index contributed by atoms with van der Waals surface area (Å²) < 4.78 is 5.37. The lowest BCUT2D eigenvalue weighted by Crippen LogP contribution is -2.20. The summed E-state index contributed by atoms with van der Waals surface area (Å²) in [6.07, 6.45) is 7.56. The van der Waals surface area contributed by atoms with Gasteiger partial charge in [-0.3, -0.25) is 0 Å². The lowest BCUT2D eigenvalue weighted by atomic mass is 10.2. The minimum atomic E-state index is 0.729. The largest absolute Gasteiger partial charge is 0.464 e. The third-order valence-corrected chi connectivity index (χ3v) is 4.55. The van der Waals surface area contributed by atoms with E-state index in [-0.39, 0.29) is 0 Å². The van der Waals surface area contributed by atoms with Gasteiger partial charge in [0.2, 0.25) is 0 Å². The van der Waals surface area contributed by atoms with Gasteiger partial charge in [-0.15, -0.1) is 0 Å². The van der Waals surface area contributed by atoms with Crippen LogP contribution >= 0.6 is 11.8 Å². The topological polar surface area (TPSA) is 38.1 Å². The lowest BCUT2D eigenvalue weighted by Gasteiger charge is -2.21. The number of nitrogens with one attached hydrogen (secondary N) is 1. The first-order chi connectivity index (χ1) is 8.43. The lowest BCUT2D eigenvalue weighted by molar-refractivity contribution is 0.615. The van der Waals surface area contributed by atoms with Crippen LogP contribution in [0.4, 0.5) is 5.82 Å². The Hall–Kier alpha value is -1.16. The third-order valence-electron chi connectivity index (χ3n) is 3.15. The predicted molar refractivity (Wildman–Crippen MR) is 72.6 cm³/mol. The van der Waals surface area contributed by atoms with Crippen molar-refractivity contribution in [2.45, 2.75) is 24.5 Å². The SMILES string of the molecule is c1cc2occc2c(NCC2CCCCS2)n1. The van der Waals surface area contributed by atoms with Gasteiger partial charge in [-0.05, 0) is 30.7 Å². The molecule has 0 aromatic carbocycles. The Morgan fingerprint density at radius 2 is 2.41 bits per heavy atom. The van der Waals surface area contributed by atoms with Gasteiger partial charge in [-0.2, -0.15) is 11.8 Å². The normalized spacial score (nSPS) is 20.6. The second-order valence-corrected chi connectivity index (χ2v) is 5.77. The molecule has 0 saturated carbocycles. The number of pyridine rings is 1. The van der Waals surface area contributed by atoms with Gasteiger partial charge in [-0.25, -0.2) is 4.98 Å². The summed E-state index contributed by atoms with van der Waals surface area (Å²) in [5.74, 6) is 2.25. The average Bonchev–Trinajstić information content (AvgIpc) is 2.86. The van der Waals surface area contributed by atoms with Gasteiger partial charge in [0.05, 0.1) is 11.6 Å². The molecule has 2 aromatic heterocycles. The highest BCUT2D eigenvalue weighted by Crippen LogP contribution is 2.26. The van der Waals surface area contributed by atoms with Gasteiger partial charge in [0, 0.05) is 18.0 Å².